The Labute approximate surface area is 103 Å². The van der Waals surface area contributed by atoms with Crippen molar-refractivity contribution in [2.24, 2.45) is 0 Å². The molecule has 0 aliphatic carbocycles. The number of aromatic nitrogens is 1. The molecule has 0 saturated carbocycles. The lowest BCUT2D eigenvalue weighted by Gasteiger charge is -2.08. The minimum absolute atomic E-state index is 0.312. The van der Waals surface area contributed by atoms with Crippen molar-refractivity contribution >= 4 is 28.9 Å². The third kappa shape index (κ3) is 2.38. The molecule has 2 rings (SSSR count). The molecule has 0 aliphatic heterocycles. The van der Waals surface area contributed by atoms with Gasteiger partial charge in [-0.1, -0.05) is 23.2 Å². The Morgan fingerprint density at radius 3 is 2.75 bits per heavy atom. The van der Waals surface area contributed by atoms with Gasteiger partial charge in [0.05, 0.1) is 10.7 Å². The molecule has 0 unspecified atom stereocenters. The Bertz CT molecular complexity index is 517. The van der Waals surface area contributed by atoms with Crippen LogP contribution in [0.2, 0.25) is 10.0 Å². The molecule has 1 heterocycles. The fraction of sp³-hybridized carbons (Fsp3) is 0. The average molecular weight is 255 g/mol. The number of halogens is 2. The minimum atomic E-state index is 0.312. The quantitative estimate of drug-likeness (QED) is 0.888. The predicted molar refractivity (Wildman–Crippen MR) is 65.2 cm³/mol. The third-order valence-electron chi connectivity index (χ3n) is 1.90. The van der Waals surface area contributed by atoms with Crippen LogP contribution in [0.5, 0.6) is 11.6 Å². The van der Waals surface area contributed by atoms with Crippen LogP contribution in [0.15, 0.2) is 36.5 Å². The summed E-state index contributed by atoms with van der Waals surface area (Å²) in [5.41, 5.74) is 6.14. The van der Waals surface area contributed by atoms with Crippen LogP contribution in [0.3, 0.4) is 0 Å². The van der Waals surface area contributed by atoms with E-state index in [1.165, 1.54) is 0 Å². The van der Waals surface area contributed by atoms with Gasteiger partial charge in [-0.05, 0) is 24.3 Å². The number of hydrogen-bond donors (Lipinski definition) is 1. The van der Waals surface area contributed by atoms with Gasteiger partial charge in [0, 0.05) is 17.3 Å². The fourth-order valence-corrected chi connectivity index (χ4v) is 1.47. The van der Waals surface area contributed by atoms with Crippen molar-refractivity contribution in [2.45, 2.75) is 0 Å². The number of nitrogens with two attached hydrogens (primary N) is 1. The maximum Gasteiger partial charge on any atom is 0.242 e. The number of pyridine rings is 1. The molecule has 0 aliphatic rings. The molecule has 0 amide bonds. The highest BCUT2D eigenvalue weighted by Crippen LogP contribution is 2.32. The fourth-order valence-electron chi connectivity index (χ4n) is 1.15. The van der Waals surface area contributed by atoms with Gasteiger partial charge in [-0.15, -0.1) is 0 Å². The van der Waals surface area contributed by atoms with Gasteiger partial charge in [0.2, 0.25) is 5.88 Å². The van der Waals surface area contributed by atoms with Crippen LogP contribution in [0.25, 0.3) is 0 Å². The molecule has 2 aromatic rings. The molecule has 0 fully saturated rings. The van der Waals surface area contributed by atoms with E-state index in [2.05, 4.69) is 4.98 Å². The summed E-state index contributed by atoms with van der Waals surface area (Å²) >= 11 is 11.8. The number of anilines is 1. The van der Waals surface area contributed by atoms with E-state index in [1.54, 1.807) is 36.5 Å². The van der Waals surface area contributed by atoms with Crippen LogP contribution in [0, 0.1) is 0 Å². The summed E-state index contributed by atoms with van der Waals surface area (Å²) in [5, 5.41) is 0.989. The second-order valence-electron chi connectivity index (χ2n) is 3.07. The van der Waals surface area contributed by atoms with Gasteiger partial charge in [-0.25, -0.2) is 4.98 Å². The van der Waals surface area contributed by atoms with Crippen LogP contribution >= 0.6 is 23.2 Å². The minimum Gasteiger partial charge on any atom is -0.435 e. The molecule has 3 nitrogen and oxygen atoms in total. The molecule has 2 N–H and O–H groups in total. The summed E-state index contributed by atoms with van der Waals surface area (Å²) in [6.07, 6.45) is 1.59. The van der Waals surface area contributed by atoms with E-state index < -0.39 is 0 Å². The zero-order valence-electron chi connectivity index (χ0n) is 8.15. The molecule has 0 spiro atoms. The van der Waals surface area contributed by atoms with E-state index in [-0.39, 0.29) is 0 Å². The first-order valence-corrected chi connectivity index (χ1v) is 5.26. The maximum atomic E-state index is 5.95. The van der Waals surface area contributed by atoms with Crippen LogP contribution in [0.1, 0.15) is 0 Å². The van der Waals surface area contributed by atoms with Crippen LogP contribution in [-0.2, 0) is 0 Å². The van der Waals surface area contributed by atoms with Crippen molar-refractivity contribution in [2.75, 3.05) is 5.73 Å². The third-order valence-corrected chi connectivity index (χ3v) is 2.45. The van der Waals surface area contributed by atoms with Gasteiger partial charge in [0.25, 0.3) is 0 Å². The molecule has 1 aromatic carbocycles. The Kier molecular flexibility index (Phi) is 3.17. The molecule has 1 aromatic heterocycles. The normalized spacial score (nSPS) is 10.1. The molecule has 0 atom stereocenters. The van der Waals surface area contributed by atoms with E-state index in [9.17, 15) is 0 Å². The van der Waals surface area contributed by atoms with E-state index in [0.29, 0.717) is 27.4 Å². The van der Waals surface area contributed by atoms with Crippen molar-refractivity contribution in [3.05, 3.63) is 46.6 Å². The van der Waals surface area contributed by atoms with E-state index in [0.717, 1.165) is 0 Å². The first-order valence-electron chi connectivity index (χ1n) is 4.50. The lowest BCUT2D eigenvalue weighted by atomic mass is 10.3. The molecular formula is C11H8Cl2N2O. The predicted octanol–water partition coefficient (Wildman–Crippen LogP) is 3.76. The maximum absolute atomic E-state index is 5.95. The standard InChI is InChI=1S/C11H8Cl2N2O/c12-7-3-4-8(13)10(6-7)16-11-9(14)2-1-5-15-11/h1-6H,14H2. The molecular weight excluding hydrogens is 247 g/mol. The van der Waals surface area contributed by atoms with Gasteiger partial charge < -0.3 is 10.5 Å². The monoisotopic (exact) mass is 254 g/mol. The van der Waals surface area contributed by atoms with Gasteiger partial charge in [0.15, 0.2) is 0 Å². The Morgan fingerprint density at radius 2 is 2.00 bits per heavy atom. The van der Waals surface area contributed by atoms with Gasteiger partial charge in [0.1, 0.15) is 5.75 Å². The van der Waals surface area contributed by atoms with E-state index in [4.69, 9.17) is 33.7 Å². The van der Waals surface area contributed by atoms with Gasteiger partial charge in [-0.2, -0.15) is 0 Å². The number of ether oxygens (including phenoxy) is 1. The van der Waals surface area contributed by atoms with Crippen molar-refractivity contribution in [3.8, 4) is 11.6 Å². The van der Waals surface area contributed by atoms with E-state index >= 15 is 0 Å². The number of nitrogens with zero attached hydrogens (tertiary/aromatic N) is 1. The topological polar surface area (TPSA) is 48.1 Å². The molecule has 0 bridgehead atoms. The van der Waals surface area contributed by atoms with Gasteiger partial charge in [-0.3, -0.25) is 0 Å². The Morgan fingerprint density at radius 1 is 1.19 bits per heavy atom. The Hall–Kier alpha value is -1.45. The highest BCUT2D eigenvalue weighted by Gasteiger charge is 2.07. The second-order valence-corrected chi connectivity index (χ2v) is 3.92. The first-order chi connectivity index (χ1) is 7.66. The number of rotatable bonds is 2. The summed E-state index contributed by atoms with van der Waals surface area (Å²) in [7, 11) is 0. The molecule has 16 heavy (non-hydrogen) atoms. The lowest BCUT2D eigenvalue weighted by molar-refractivity contribution is 0.466. The number of benzene rings is 1. The molecule has 5 heteroatoms. The zero-order chi connectivity index (χ0) is 11.5. The highest BCUT2D eigenvalue weighted by molar-refractivity contribution is 6.34. The van der Waals surface area contributed by atoms with Crippen LogP contribution in [-0.4, -0.2) is 4.98 Å². The summed E-state index contributed by atoms with van der Waals surface area (Å²) in [5.74, 6) is 0.742. The van der Waals surface area contributed by atoms with Gasteiger partial charge >= 0.3 is 0 Å². The number of hydrogen-bond acceptors (Lipinski definition) is 3. The smallest absolute Gasteiger partial charge is 0.242 e. The summed E-state index contributed by atoms with van der Waals surface area (Å²) in [4.78, 5) is 4.00. The first kappa shape index (κ1) is 11.0. The largest absolute Gasteiger partial charge is 0.435 e. The summed E-state index contributed by atoms with van der Waals surface area (Å²) in [6, 6.07) is 8.36. The highest BCUT2D eigenvalue weighted by atomic mass is 35.5. The number of nitrogen functional groups attached to an aromatic ring is 1. The zero-order valence-corrected chi connectivity index (χ0v) is 9.66. The molecule has 0 radical (unpaired) electrons. The van der Waals surface area contributed by atoms with Crippen molar-refractivity contribution in [1.29, 1.82) is 0 Å². The Balaban J connectivity index is 2.34. The summed E-state index contributed by atoms with van der Waals surface area (Å²) in [6.45, 7) is 0. The van der Waals surface area contributed by atoms with Crippen molar-refractivity contribution < 1.29 is 4.74 Å². The van der Waals surface area contributed by atoms with E-state index in [1.807, 2.05) is 0 Å². The average Bonchev–Trinajstić information content (AvgIpc) is 2.27. The van der Waals surface area contributed by atoms with Crippen molar-refractivity contribution in [1.82, 2.24) is 4.98 Å². The second kappa shape index (κ2) is 4.60. The van der Waals surface area contributed by atoms with Crippen LogP contribution < -0.4 is 10.5 Å². The van der Waals surface area contributed by atoms with Crippen LogP contribution in [0.4, 0.5) is 5.69 Å². The molecule has 0 saturated heterocycles. The summed E-state index contributed by atoms with van der Waals surface area (Å²) < 4.78 is 5.47. The molecule has 82 valence electrons. The SMILES string of the molecule is Nc1cccnc1Oc1cc(Cl)ccc1Cl. The van der Waals surface area contributed by atoms with Crippen molar-refractivity contribution in [3.63, 3.8) is 0 Å². The lowest BCUT2D eigenvalue weighted by Crippen LogP contribution is -1.94.